The van der Waals surface area contributed by atoms with E-state index in [0.29, 0.717) is 26.2 Å². The highest BCUT2D eigenvalue weighted by atomic mass is 32.2. The van der Waals surface area contributed by atoms with Gasteiger partial charge in [0, 0.05) is 45.8 Å². The molecule has 2 atom stereocenters. The van der Waals surface area contributed by atoms with Gasteiger partial charge in [0.05, 0.1) is 17.1 Å². The highest BCUT2D eigenvalue weighted by Gasteiger charge is 2.20. The quantitative estimate of drug-likeness (QED) is 0.120. The van der Waals surface area contributed by atoms with E-state index in [4.69, 9.17) is 9.79 Å². The van der Waals surface area contributed by atoms with Crippen molar-refractivity contribution < 1.29 is 33.0 Å². The molecule has 11 nitrogen and oxygen atoms in total. The van der Waals surface area contributed by atoms with E-state index in [1.807, 2.05) is 11.6 Å². The average molecular weight is 511 g/mol. The van der Waals surface area contributed by atoms with Gasteiger partial charge in [-0.15, -0.1) is 0 Å². The van der Waals surface area contributed by atoms with Crippen LogP contribution in [0.15, 0.2) is 29.2 Å². The minimum absolute atomic E-state index is 0.0597. The molecule has 0 fully saturated rings. The van der Waals surface area contributed by atoms with Crippen LogP contribution < -0.4 is 10.0 Å². The van der Waals surface area contributed by atoms with Crippen molar-refractivity contribution in [1.82, 2.24) is 19.8 Å². The van der Waals surface area contributed by atoms with E-state index < -0.39 is 36.1 Å². The van der Waals surface area contributed by atoms with Crippen LogP contribution in [0, 0.1) is 0 Å². The van der Waals surface area contributed by atoms with Crippen molar-refractivity contribution in [3.8, 4) is 0 Å². The molecule has 0 aromatic heterocycles. The molecule has 0 spiro atoms. The molecule has 0 unspecified atom stereocenters. The molecule has 0 aliphatic rings. The minimum atomic E-state index is -4.49. The van der Waals surface area contributed by atoms with Gasteiger partial charge < -0.3 is 25.3 Å². The summed E-state index contributed by atoms with van der Waals surface area (Å²) < 4.78 is 37.2. The number of aliphatic hydroxyl groups excluding tert-OH is 2. The van der Waals surface area contributed by atoms with Gasteiger partial charge in [-0.1, -0.05) is 19.1 Å². The maximum Gasteiger partial charge on any atom is 0.340 e. The normalized spacial score (nSPS) is 14.7. The summed E-state index contributed by atoms with van der Waals surface area (Å²) in [5.41, 5.74) is 0.909. The van der Waals surface area contributed by atoms with Gasteiger partial charge in [0.25, 0.3) is 0 Å². The zero-order chi connectivity index (χ0) is 25.1. The fourth-order valence-corrected chi connectivity index (χ4v) is 5.15. The summed E-state index contributed by atoms with van der Waals surface area (Å²) >= 11 is 0. The van der Waals surface area contributed by atoms with Crippen molar-refractivity contribution in [2.75, 3.05) is 52.1 Å². The first-order valence-corrected chi connectivity index (χ1v) is 14.2. The van der Waals surface area contributed by atoms with Crippen LogP contribution in [0.2, 0.25) is 0 Å². The first kappa shape index (κ1) is 30.1. The Morgan fingerprint density at radius 2 is 1.61 bits per heavy atom. The molecule has 0 aliphatic carbocycles. The van der Waals surface area contributed by atoms with E-state index in [1.54, 1.807) is 26.0 Å². The third kappa shape index (κ3) is 13.5. The Hall–Kier alpha value is -0.920. The second kappa shape index (κ2) is 14.5. The predicted molar refractivity (Wildman–Crippen MR) is 127 cm³/mol. The number of hydrogen-bond acceptors (Lipinski definition) is 8. The molecule has 13 heteroatoms. The number of aliphatic hydroxyl groups is 2. The number of hydrogen-bond donors (Lipinski definition) is 6. The number of rotatable bonds is 17. The summed E-state index contributed by atoms with van der Waals surface area (Å²) in [7, 11) is -8.49. The van der Waals surface area contributed by atoms with Crippen molar-refractivity contribution in [1.29, 1.82) is 0 Å². The molecule has 192 valence electrons. The number of nitrogens with one attached hydrogen (secondary N) is 2. The lowest BCUT2D eigenvalue weighted by Gasteiger charge is -2.28. The highest BCUT2D eigenvalue weighted by molar-refractivity contribution is 7.89. The van der Waals surface area contributed by atoms with Crippen LogP contribution in [0.1, 0.15) is 26.3 Å². The van der Waals surface area contributed by atoms with Gasteiger partial charge in [-0.05, 0) is 38.1 Å². The van der Waals surface area contributed by atoms with Crippen molar-refractivity contribution in [3.63, 3.8) is 0 Å². The maximum absolute atomic E-state index is 12.2. The van der Waals surface area contributed by atoms with Crippen LogP contribution >= 0.6 is 7.60 Å². The molecule has 0 heterocycles. The standard InChI is InChI=1S/C20H39N4O7PS/c1-4-23(11-12-24(14-18(3)26)10-9-21-13-17(2)25)15-19-5-7-20(8-6-19)33(30,31)22-16-32(27,28)29/h5-8,17-18,21-22,25-26H,4,9-16H2,1-3H3,(H2,27,28,29)/t17-,18-/m0/s1. The molecule has 0 saturated heterocycles. The number of sulfonamides is 1. The second-order valence-electron chi connectivity index (χ2n) is 8.19. The first-order valence-electron chi connectivity index (χ1n) is 11.0. The summed E-state index contributed by atoms with van der Waals surface area (Å²) in [6.45, 7) is 10.9. The molecular formula is C20H39N4O7PS. The number of likely N-dealkylation sites (N-methyl/N-ethyl adjacent to an activating group) is 1. The largest absolute Gasteiger partial charge is 0.392 e. The fraction of sp³-hybridized carbons (Fsp3) is 0.700. The Bertz CT molecular complexity index is 831. The molecule has 0 aliphatic heterocycles. The van der Waals surface area contributed by atoms with Gasteiger partial charge in [0.2, 0.25) is 10.0 Å². The van der Waals surface area contributed by atoms with Crippen molar-refractivity contribution >= 4 is 17.6 Å². The van der Waals surface area contributed by atoms with Crippen LogP contribution in [-0.4, -0.2) is 103 Å². The molecule has 0 radical (unpaired) electrons. The molecule has 0 bridgehead atoms. The fourth-order valence-electron chi connectivity index (χ4n) is 3.13. The smallest absolute Gasteiger partial charge is 0.340 e. The lowest BCUT2D eigenvalue weighted by Crippen LogP contribution is -2.42. The van der Waals surface area contributed by atoms with Crippen LogP contribution in [0.25, 0.3) is 0 Å². The Morgan fingerprint density at radius 1 is 1.00 bits per heavy atom. The second-order valence-corrected chi connectivity index (χ2v) is 11.6. The monoisotopic (exact) mass is 510 g/mol. The average Bonchev–Trinajstić information content (AvgIpc) is 2.71. The summed E-state index contributed by atoms with van der Waals surface area (Å²) in [6, 6.07) is 6.20. The van der Waals surface area contributed by atoms with Crippen LogP contribution in [-0.2, 0) is 21.1 Å². The molecule has 33 heavy (non-hydrogen) atoms. The molecule has 1 aromatic rings. The van der Waals surface area contributed by atoms with Crippen LogP contribution in [0.5, 0.6) is 0 Å². The molecular weight excluding hydrogens is 471 g/mol. The summed E-state index contributed by atoms with van der Waals surface area (Å²) in [5.74, 6) is 0. The molecule has 0 amide bonds. The van der Waals surface area contributed by atoms with E-state index in [2.05, 4.69) is 15.1 Å². The topological polar surface area (TPSA) is 163 Å². The molecule has 1 rings (SSSR count). The summed E-state index contributed by atoms with van der Waals surface area (Å²) in [4.78, 5) is 22.0. The van der Waals surface area contributed by atoms with Gasteiger partial charge in [-0.2, -0.15) is 4.72 Å². The van der Waals surface area contributed by atoms with Gasteiger partial charge in [0.15, 0.2) is 0 Å². The third-order valence-electron chi connectivity index (χ3n) is 4.85. The molecule has 6 N–H and O–H groups in total. The minimum Gasteiger partial charge on any atom is -0.392 e. The van der Waals surface area contributed by atoms with Crippen molar-refractivity contribution in [3.05, 3.63) is 29.8 Å². The van der Waals surface area contributed by atoms with E-state index in [1.165, 1.54) is 12.1 Å². The van der Waals surface area contributed by atoms with Gasteiger partial charge in [-0.25, -0.2) is 8.42 Å². The Labute approximate surface area is 197 Å². The van der Waals surface area contributed by atoms with E-state index in [-0.39, 0.29) is 4.90 Å². The lowest BCUT2D eigenvalue weighted by atomic mass is 10.2. The van der Waals surface area contributed by atoms with E-state index in [0.717, 1.165) is 31.7 Å². The van der Waals surface area contributed by atoms with E-state index >= 15 is 0 Å². The van der Waals surface area contributed by atoms with Crippen LogP contribution in [0.3, 0.4) is 0 Å². The maximum atomic E-state index is 12.2. The highest BCUT2D eigenvalue weighted by Crippen LogP contribution is 2.32. The summed E-state index contributed by atoms with van der Waals surface area (Å²) in [6.07, 6.45) is -1.81. The zero-order valence-corrected chi connectivity index (χ0v) is 21.3. The third-order valence-corrected chi connectivity index (χ3v) is 7.05. The van der Waals surface area contributed by atoms with Gasteiger partial charge in [-0.3, -0.25) is 14.4 Å². The van der Waals surface area contributed by atoms with Crippen molar-refractivity contribution in [2.24, 2.45) is 0 Å². The Morgan fingerprint density at radius 3 is 2.12 bits per heavy atom. The Kier molecular flexibility index (Phi) is 13.2. The van der Waals surface area contributed by atoms with Gasteiger partial charge >= 0.3 is 7.60 Å². The SMILES string of the molecule is CCN(CCN(CCNC[C@H](C)O)C[C@H](C)O)Cc1ccc(S(=O)(=O)NCP(=O)(O)O)cc1. The number of nitrogens with zero attached hydrogens (tertiary/aromatic N) is 2. The van der Waals surface area contributed by atoms with Gasteiger partial charge in [0.1, 0.15) is 6.29 Å². The predicted octanol–water partition coefficient (Wildman–Crippen LogP) is -0.425. The van der Waals surface area contributed by atoms with E-state index in [9.17, 15) is 23.2 Å². The molecule has 0 saturated carbocycles. The van der Waals surface area contributed by atoms with Crippen molar-refractivity contribution in [2.45, 2.75) is 44.4 Å². The summed E-state index contributed by atoms with van der Waals surface area (Å²) in [5, 5.41) is 22.3. The molecule has 1 aromatic carbocycles. The number of benzene rings is 1. The Balaban J connectivity index is 2.64. The first-order chi connectivity index (χ1) is 15.3. The van der Waals surface area contributed by atoms with Crippen LogP contribution in [0.4, 0.5) is 0 Å². The lowest BCUT2D eigenvalue weighted by molar-refractivity contribution is 0.114. The zero-order valence-electron chi connectivity index (χ0n) is 19.6.